The molecular weight excluding hydrogens is 224 g/mol. The second-order valence-electron chi connectivity index (χ2n) is 4.74. The van der Waals surface area contributed by atoms with Crippen LogP contribution in [0.15, 0.2) is 18.5 Å². The molecule has 18 heavy (non-hydrogen) atoms. The predicted octanol–water partition coefficient (Wildman–Crippen LogP) is 1.78. The molecule has 0 aromatic carbocycles. The first-order chi connectivity index (χ1) is 8.85. The molecule has 1 aromatic rings. The maximum Gasteiger partial charge on any atom is 0.101 e. The van der Waals surface area contributed by atoms with Crippen LogP contribution in [0.2, 0.25) is 0 Å². The Balaban J connectivity index is 1.95. The first-order valence-corrected chi connectivity index (χ1v) is 6.65. The number of nitrogens with one attached hydrogen (secondary N) is 1. The number of pyridine rings is 1. The second-order valence-corrected chi connectivity index (χ2v) is 4.74. The van der Waals surface area contributed by atoms with Crippen LogP contribution >= 0.6 is 0 Å². The Morgan fingerprint density at radius 1 is 1.50 bits per heavy atom. The maximum absolute atomic E-state index is 9.10. The molecule has 1 aliphatic rings. The lowest BCUT2D eigenvalue weighted by molar-refractivity contribution is 0.386. The average Bonchev–Trinajstić information content (AvgIpc) is 2.45. The minimum Gasteiger partial charge on any atom is -0.369 e. The summed E-state index contributed by atoms with van der Waals surface area (Å²) in [5.41, 5.74) is 1.72. The van der Waals surface area contributed by atoms with E-state index in [2.05, 4.69) is 28.2 Å². The standard InChI is InChI=1S/C14H20N4/c1-2-16-10-12-4-7-18(8-5-12)14-11-17-6-3-13(14)9-15/h3,6,11-12,16H,2,4-5,7-8,10H2,1H3. The molecular formula is C14H20N4. The van der Waals surface area contributed by atoms with Gasteiger partial charge < -0.3 is 10.2 Å². The van der Waals surface area contributed by atoms with Gasteiger partial charge in [0.05, 0.1) is 17.4 Å². The Bertz CT molecular complexity index is 416. The Morgan fingerprint density at radius 2 is 2.28 bits per heavy atom. The highest BCUT2D eigenvalue weighted by atomic mass is 15.1. The van der Waals surface area contributed by atoms with Crippen molar-refractivity contribution in [3.63, 3.8) is 0 Å². The first-order valence-electron chi connectivity index (χ1n) is 6.65. The van der Waals surface area contributed by atoms with Crippen molar-refractivity contribution in [2.24, 2.45) is 5.92 Å². The Morgan fingerprint density at radius 3 is 2.94 bits per heavy atom. The monoisotopic (exact) mass is 244 g/mol. The van der Waals surface area contributed by atoms with Gasteiger partial charge in [-0.25, -0.2) is 0 Å². The van der Waals surface area contributed by atoms with Gasteiger partial charge in [0.2, 0.25) is 0 Å². The topological polar surface area (TPSA) is 52.0 Å². The highest BCUT2D eigenvalue weighted by Crippen LogP contribution is 2.24. The molecule has 2 rings (SSSR count). The lowest BCUT2D eigenvalue weighted by atomic mass is 9.96. The van der Waals surface area contributed by atoms with Gasteiger partial charge in [0.25, 0.3) is 0 Å². The molecule has 1 aromatic heterocycles. The number of nitrogens with zero attached hydrogens (tertiary/aromatic N) is 3. The van der Waals surface area contributed by atoms with E-state index in [0.717, 1.165) is 43.3 Å². The molecule has 4 heteroatoms. The van der Waals surface area contributed by atoms with Gasteiger partial charge in [0.1, 0.15) is 6.07 Å². The molecule has 0 aliphatic carbocycles. The fourth-order valence-corrected chi connectivity index (χ4v) is 2.46. The van der Waals surface area contributed by atoms with Crippen LogP contribution in [0.25, 0.3) is 0 Å². The summed E-state index contributed by atoms with van der Waals surface area (Å²) in [6.45, 7) is 6.35. The van der Waals surface area contributed by atoms with Crippen LogP contribution in [-0.4, -0.2) is 31.2 Å². The molecule has 2 heterocycles. The minimum atomic E-state index is 0.732. The zero-order valence-electron chi connectivity index (χ0n) is 10.9. The van der Waals surface area contributed by atoms with Crippen molar-refractivity contribution >= 4 is 5.69 Å². The molecule has 0 spiro atoms. The SMILES string of the molecule is CCNCC1CCN(c2cnccc2C#N)CC1. The third-order valence-corrected chi connectivity index (χ3v) is 3.56. The number of hydrogen-bond donors (Lipinski definition) is 1. The van der Waals surface area contributed by atoms with Crippen molar-refractivity contribution in [2.45, 2.75) is 19.8 Å². The van der Waals surface area contributed by atoms with Gasteiger partial charge in [-0.05, 0) is 37.9 Å². The van der Waals surface area contributed by atoms with E-state index < -0.39 is 0 Å². The van der Waals surface area contributed by atoms with E-state index in [4.69, 9.17) is 5.26 Å². The summed E-state index contributed by atoms with van der Waals surface area (Å²) < 4.78 is 0. The van der Waals surface area contributed by atoms with Crippen molar-refractivity contribution in [3.05, 3.63) is 24.0 Å². The maximum atomic E-state index is 9.10. The van der Waals surface area contributed by atoms with Crippen LogP contribution < -0.4 is 10.2 Å². The molecule has 1 aliphatic heterocycles. The van der Waals surface area contributed by atoms with Gasteiger partial charge >= 0.3 is 0 Å². The number of hydrogen-bond acceptors (Lipinski definition) is 4. The zero-order valence-corrected chi connectivity index (χ0v) is 10.9. The molecule has 4 nitrogen and oxygen atoms in total. The largest absolute Gasteiger partial charge is 0.369 e. The molecule has 0 bridgehead atoms. The highest BCUT2D eigenvalue weighted by molar-refractivity contribution is 5.57. The van der Waals surface area contributed by atoms with Crippen LogP contribution in [-0.2, 0) is 0 Å². The summed E-state index contributed by atoms with van der Waals surface area (Å²) in [5, 5.41) is 12.5. The molecule has 96 valence electrons. The first kappa shape index (κ1) is 12.8. The van der Waals surface area contributed by atoms with E-state index in [1.54, 1.807) is 12.3 Å². The summed E-state index contributed by atoms with van der Waals surface area (Å²) in [4.78, 5) is 6.42. The third kappa shape index (κ3) is 2.99. The van der Waals surface area contributed by atoms with Crippen LogP contribution in [0.5, 0.6) is 0 Å². The van der Waals surface area contributed by atoms with Crippen LogP contribution in [0.1, 0.15) is 25.3 Å². The summed E-state index contributed by atoms with van der Waals surface area (Å²) in [7, 11) is 0. The predicted molar refractivity (Wildman–Crippen MR) is 72.4 cm³/mol. The van der Waals surface area contributed by atoms with E-state index in [1.807, 2.05) is 6.20 Å². The van der Waals surface area contributed by atoms with E-state index in [-0.39, 0.29) is 0 Å². The molecule has 1 fully saturated rings. The molecule has 1 saturated heterocycles. The molecule has 1 N–H and O–H groups in total. The lowest BCUT2D eigenvalue weighted by Crippen LogP contribution is -2.37. The van der Waals surface area contributed by atoms with Crippen LogP contribution in [0.3, 0.4) is 0 Å². The van der Waals surface area contributed by atoms with Crippen molar-refractivity contribution in [2.75, 3.05) is 31.1 Å². The van der Waals surface area contributed by atoms with E-state index in [9.17, 15) is 0 Å². The fraction of sp³-hybridized carbons (Fsp3) is 0.571. The number of rotatable bonds is 4. The minimum absolute atomic E-state index is 0.732. The third-order valence-electron chi connectivity index (χ3n) is 3.56. The summed E-state index contributed by atoms with van der Waals surface area (Å²) in [6.07, 6.45) is 5.86. The van der Waals surface area contributed by atoms with E-state index in [1.165, 1.54) is 12.8 Å². The Kier molecular flexibility index (Phi) is 4.54. The van der Waals surface area contributed by atoms with Crippen molar-refractivity contribution < 1.29 is 0 Å². The smallest absolute Gasteiger partial charge is 0.101 e. The van der Waals surface area contributed by atoms with E-state index >= 15 is 0 Å². The second kappa shape index (κ2) is 6.36. The van der Waals surface area contributed by atoms with Crippen molar-refractivity contribution in [1.82, 2.24) is 10.3 Å². The van der Waals surface area contributed by atoms with Gasteiger partial charge in [-0.1, -0.05) is 6.92 Å². The van der Waals surface area contributed by atoms with Gasteiger partial charge in [0, 0.05) is 19.3 Å². The normalized spacial score (nSPS) is 16.6. The van der Waals surface area contributed by atoms with E-state index in [0.29, 0.717) is 0 Å². The fourth-order valence-electron chi connectivity index (χ4n) is 2.46. The van der Waals surface area contributed by atoms with Gasteiger partial charge in [-0.3, -0.25) is 4.98 Å². The molecule has 0 unspecified atom stereocenters. The summed E-state index contributed by atoms with van der Waals surface area (Å²) >= 11 is 0. The molecule has 0 amide bonds. The Labute approximate surface area is 109 Å². The highest BCUT2D eigenvalue weighted by Gasteiger charge is 2.20. The molecule has 0 radical (unpaired) electrons. The summed E-state index contributed by atoms with van der Waals surface area (Å²) in [5.74, 6) is 0.767. The van der Waals surface area contributed by atoms with Crippen LogP contribution in [0, 0.1) is 17.2 Å². The molecule has 0 saturated carbocycles. The summed E-state index contributed by atoms with van der Waals surface area (Å²) in [6, 6.07) is 4.04. The van der Waals surface area contributed by atoms with Gasteiger partial charge in [0.15, 0.2) is 0 Å². The Hall–Kier alpha value is -1.60. The number of nitriles is 1. The quantitative estimate of drug-likeness (QED) is 0.877. The van der Waals surface area contributed by atoms with Crippen molar-refractivity contribution in [1.29, 1.82) is 5.26 Å². The van der Waals surface area contributed by atoms with Gasteiger partial charge in [-0.15, -0.1) is 0 Å². The zero-order chi connectivity index (χ0) is 12.8. The van der Waals surface area contributed by atoms with Crippen molar-refractivity contribution in [3.8, 4) is 6.07 Å². The number of aromatic nitrogens is 1. The lowest BCUT2D eigenvalue weighted by Gasteiger charge is -2.33. The van der Waals surface area contributed by atoms with Gasteiger partial charge in [-0.2, -0.15) is 5.26 Å². The number of piperidine rings is 1. The molecule has 0 atom stereocenters. The average molecular weight is 244 g/mol. The number of anilines is 1. The van der Waals surface area contributed by atoms with Crippen LogP contribution in [0.4, 0.5) is 5.69 Å².